The second-order valence-corrected chi connectivity index (χ2v) is 4.98. The first-order valence-electron chi connectivity index (χ1n) is 5.08. The summed E-state index contributed by atoms with van der Waals surface area (Å²) in [5.74, 6) is 0.460. The maximum Gasteiger partial charge on any atom is 0.146 e. The first kappa shape index (κ1) is 12.3. The van der Waals surface area contributed by atoms with Gasteiger partial charge in [0.1, 0.15) is 18.0 Å². The molecule has 0 radical (unpaired) electrons. The van der Waals surface area contributed by atoms with Gasteiger partial charge in [0.25, 0.3) is 0 Å². The highest BCUT2D eigenvalue weighted by molar-refractivity contribution is 6.44. The molecule has 0 bridgehead atoms. The van der Waals surface area contributed by atoms with E-state index in [0.29, 0.717) is 26.4 Å². The third-order valence-corrected chi connectivity index (χ3v) is 3.73. The number of rotatable bonds is 2. The molecule has 1 heterocycles. The molecular weight excluding hydrogens is 270 g/mol. The van der Waals surface area contributed by atoms with Gasteiger partial charge in [-0.3, -0.25) is 0 Å². The molecule has 1 aromatic carbocycles. The van der Waals surface area contributed by atoms with Crippen molar-refractivity contribution < 1.29 is 9.84 Å². The smallest absolute Gasteiger partial charge is 0.146 e. The summed E-state index contributed by atoms with van der Waals surface area (Å²) in [4.78, 5) is 0. The number of halogens is 3. The Balaban J connectivity index is 2.47. The van der Waals surface area contributed by atoms with Crippen LogP contribution in [0, 0.1) is 0 Å². The number of ether oxygens (including phenoxy) is 1. The number of aliphatic hydroxyl groups is 1. The fourth-order valence-electron chi connectivity index (χ4n) is 1.88. The zero-order chi connectivity index (χ0) is 11.9. The first-order valence-corrected chi connectivity index (χ1v) is 6.21. The largest absolute Gasteiger partial charge is 0.485 e. The third-order valence-electron chi connectivity index (χ3n) is 2.65. The van der Waals surface area contributed by atoms with E-state index in [4.69, 9.17) is 39.5 Å². The number of fused-ring (bicyclic) bond motifs is 1. The van der Waals surface area contributed by atoms with Crippen molar-refractivity contribution in [2.75, 3.05) is 0 Å². The average Bonchev–Trinajstić information content (AvgIpc) is 2.55. The Bertz CT molecular complexity index is 420. The van der Waals surface area contributed by atoms with Gasteiger partial charge in [0.05, 0.1) is 15.1 Å². The van der Waals surface area contributed by atoms with E-state index >= 15 is 0 Å². The lowest BCUT2D eigenvalue weighted by molar-refractivity contribution is 0.0617. The third kappa shape index (κ3) is 1.88. The van der Waals surface area contributed by atoms with Gasteiger partial charge >= 0.3 is 0 Å². The Morgan fingerprint density at radius 2 is 2.00 bits per heavy atom. The van der Waals surface area contributed by atoms with Gasteiger partial charge in [-0.15, -0.1) is 0 Å². The van der Waals surface area contributed by atoms with Crippen LogP contribution in [0.15, 0.2) is 6.07 Å². The summed E-state index contributed by atoms with van der Waals surface area (Å²) >= 11 is 17.9. The Hall–Kier alpha value is -0.150. The minimum atomic E-state index is -0.751. The van der Waals surface area contributed by atoms with Crippen LogP contribution in [-0.2, 0) is 0 Å². The molecule has 2 nitrogen and oxygen atoms in total. The van der Waals surface area contributed by atoms with Gasteiger partial charge in [-0.05, 0) is 12.5 Å². The van der Waals surface area contributed by atoms with Gasteiger partial charge in [-0.25, -0.2) is 0 Å². The number of hydrogen-bond donors (Lipinski definition) is 1. The van der Waals surface area contributed by atoms with Gasteiger partial charge < -0.3 is 9.84 Å². The highest BCUT2D eigenvalue weighted by atomic mass is 35.5. The topological polar surface area (TPSA) is 29.5 Å². The van der Waals surface area contributed by atoms with Crippen molar-refractivity contribution >= 4 is 34.8 Å². The molecule has 0 aliphatic carbocycles. The Kier molecular flexibility index (Phi) is 3.55. The molecule has 1 aromatic rings. The maximum atomic E-state index is 10.1. The van der Waals surface area contributed by atoms with E-state index in [2.05, 4.69) is 0 Å². The van der Waals surface area contributed by atoms with Gasteiger partial charge in [0.15, 0.2) is 0 Å². The van der Waals surface area contributed by atoms with Crippen molar-refractivity contribution in [1.29, 1.82) is 0 Å². The van der Waals surface area contributed by atoms with Crippen LogP contribution in [0.4, 0.5) is 0 Å². The lowest BCUT2D eigenvalue weighted by atomic mass is 10.0. The lowest BCUT2D eigenvalue weighted by Gasteiger charge is -2.12. The van der Waals surface area contributed by atoms with Crippen LogP contribution >= 0.6 is 34.8 Å². The van der Waals surface area contributed by atoms with Crippen molar-refractivity contribution in [2.45, 2.75) is 32.0 Å². The predicted octanol–water partition coefficient (Wildman–Crippen LogP) is 4.24. The first-order chi connectivity index (χ1) is 7.56. The molecule has 2 rings (SSSR count). The molecule has 5 heteroatoms. The van der Waals surface area contributed by atoms with Crippen LogP contribution in [0.25, 0.3) is 0 Å². The zero-order valence-corrected chi connectivity index (χ0v) is 10.9. The van der Waals surface area contributed by atoms with E-state index in [1.165, 1.54) is 6.07 Å². The molecule has 2 unspecified atom stereocenters. The molecule has 0 spiro atoms. The highest BCUT2D eigenvalue weighted by Crippen LogP contribution is 2.49. The predicted molar refractivity (Wildman–Crippen MR) is 65.8 cm³/mol. The molecule has 0 aromatic heterocycles. The standard InChI is InChI=1S/C11H11Cl3O2/c1-2-3-7-10(15)8-9(14)5(12)4-6(13)11(8)16-7/h4,7,10,15H,2-3H2,1H3. The fraction of sp³-hybridized carbons (Fsp3) is 0.455. The summed E-state index contributed by atoms with van der Waals surface area (Å²) in [5, 5.41) is 11.1. The molecule has 0 saturated carbocycles. The summed E-state index contributed by atoms with van der Waals surface area (Å²) in [6.07, 6.45) is 0.630. The summed E-state index contributed by atoms with van der Waals surface area (Å²) in [6.45, 7) is 2.02. The van der Waals surface area contributed by atoms with E-state index in [9.17, 15) is 5.11 Å². The molecule has 88 valence electrons. The molecular formula is C11H11Cl3O2. The Morgan fingerprint density at radius 3 is 2.62 bits per heavy atom. The molecule has 2 atom stereocenters. The van der Waals surface area contributed by atoms with E-state index < -0.39 is 6.10 Å². The fourth-order valence-corrected chi connectivity index (χ4v) is 2.66. The number of hydrogen-bond acceptors (Lipinski definition) is 2. The highest BCUT2D eigenvalue weighted by Gasteiger charge is 2.36. The molecule has 1 N–H and O–H groups in total. The van der Waals surface area contributed by atoms with Crippen molar-refractivity contribution in [3.63, 3.8) is 0 Å². The maximum absolute atomic E-state index is 10.1. The van der Waals surface area contributed by atoms with Crippen LogP contribution in [0.1, 0.15) is 31.4 Å². The minimum Gasteiger partial charge on any atom is -0.485 e. The van der Waals surface area contributed by atoms with E-state index in [-0.39, 0.29) is 6.10 Å². The zero-order valence-electron chi connectivity index (χ0n) is 8.64. The van der Waals surface area contributed by atoms with Crippen LogP contribution in [0.5, 0.6) is 5.75 Å². The Morgan fingerprint density at radius 1 is 1.31 bits per heavy atom. The average molecular weight is 282 g/mol. The SMILES string of the molecule is CCCC1Oc2c(Cl)cc(Cl)c(Cl)c2C1O. The summed E-state index contributed by atoms with van der Waals surface area (Å²) in [7, 11) is 0. The van der Waals surface area contributed by atoms with Gasteiger partial charge in [-0.1, -0.05) is 48.1 Å². The van der Waals surface area contributed by atoms with E-state index in [0.717, 1.165) is 12.8 Å². The van der Waals surface area contributed by atoms with Crippen molar-refractivity contribution in [3.05, 3.63) is 26.7 Å². The molecule has 0 saturated heterocycles. The molecule has 0 fully saturated rings. The molecule has 1 aliphatic heterocycles. The van der Waals surface area contributed by atoms with Crippen LogP contribution < -0.4 is 4.74 Å². The molecule has 1 aliphatic rings. The van der Waals surface area contributed by atoms with Crippen molar-refractivity contribution in [2.24, 2.45) is 0 Å². The van der Waals surface area contributed by atoms with Crippen LogP contribution in [0.3, 0.4) is 0 Å². The van der Waals surface area contributed by atoms with E-state index in [1.807, 2.05) is 6.92 Å². The van der Waals surface area contributed by atoms with Crippen molar-refractivity contribution in [3.8, 4) is 5.75 Å². The quantitative estimate of drug-likeness (QED) is 0.822. The second kappa shape index (κ2) is 4.61. The van der Waals surface area contributed by atoms with Gasteiger partial charge in [0, 0.05) is 5.56 Å². The van der Waals surface area contributed by atoms with Crippen molar-refractivity contribution in [1.82, 2.24) is 0 Å². The second-order valence-electron chi connectivity index (χ2n) is 3.79. The number of aliphatic hydroxyl groups excluding tert-OH is 1. The van der Waals surface area contributed by atoms with Gasteiger partial charge in [-0.2, -0.15) is 0 Å². The number of benzene rings is 1. The minimum absolute atomic E-state index is 0.284. The lowest BCUT2D eigenvalue weighted by Crippen LogP contribution is -2.17. The summed E-state index contributed by atoms with van der Waals surface area (Å²) < 4.78 is 5.60. The van der Waals surface area contributed by atoms with E-state index in [1.54, 1.807) is 0 Å². The Labute approximate surface area is 109 Å². The van der Waals surface area contributed by atoms with Gasteiger partial charge in [0.2, 0.25) is 0 Å². The normalized spacial score (nSPS) is 23.1. The summed E-state index contributed by atoms with van der Waals surface area (Å²) in [6, 6.07) is 1.53. The molecule has 16 heavy (non-hydrogen) atoms. The van der Waals surface area contributed by atoms with Crippen LogP contribution in [-0.4, -0.2) is 11.2 Å². The monoisotopic (exact) mass is 280 g/mol. The summed E-state index contributed by atoms with van der Waals surface area (Å²) in [5.41, 5.74) is 0.512. The van der Waals surface area contributed by atoms with Crippen LogP contribution in [0.2, 0.25) is 15.1 Å². The molecule has 0 amide bonds.